The van der Waals surface area contributed by atoms with E-state index in [1.165, 1.54) is 35.8 Å². The fraction of sp³-hybridized carbons (Fsp3) is 0.429. The summed E-state index contributed by atoms with van der Waals surface area (Å²) in [4.78, 5) is 26.8. The summed E-state index contributed by atoms with van der Waals surface area (Å²) in [6, 6.07) is 5.53. The number of thiol groups is 1. The molecule has 2 aliphatic heterocycles. The summed E-state index contributed by atoms with van der Waals surface area (Å²) in [5, 5.41) is 0.879. The second-order valence-corrected chi connectivity index (χ2v) is 9.29. The first-order valence-corrected chi connectivity index (χ1v) is 11.7. The van der Waals surface area contributed by atoms with E-state index >= 15 is 0 Å². The van der Waals surface area contributed by atoms with Crippen molar-refractivity contribution in [3.05, 3.63) is 47.2 Å². The second kappa shape index (κ2) is 7.90. The van der Waals surface area contributed by atoms with Gasteiger partial charge in [0, 0.05) is 25.2 Å². The molecule has 162 valence electrons. The molecule has 1 fully saturated rings. The van der Waals surface area contributed by atoms with Gasteiger partial charge in [-0.3, -0.25) is 4.79 Å². The Morgan fingerprint density at radius 2 is 1.97 bits per heavy atom. The first kappa shape index (κ1) is 20.4. The van der Waals surface area contributed by atoms with Gasteiger partial charge < -0.3 is 14.4 Å². The monoisotopic (exact) mass is 458 g/mol. The van der Waals surface area contributed by atoms with E-state index in [1.807, 2.05) is 18.7 Å². The van der Waals surface area contributed by atoms with Crippen LogP contribution in [0.1, 0.15) is 47.7 Å². The van der Waals surface area contributed by atoms with E-state index in [1.54, 1.807) is 0 Å². The van der Waals surface area contributed by atoms with Gasteiger partial charge in [-0.1, -0.05) is 0 Å². The number of amides is 1. The molecule has 0 bridgehead atoms. The third kappa shape index (κ3) is 3.51. The maximum Gasteiger partial charge on any atom is 0.254 e. The molecule has 0 aliphatic carbocycles. The minimum Gasteiger partial charge on any atom is -0.343 e. The molecule has 2 aromatic heterocycles. The van der Waals surface area contributed by atoms with Crippen LogP contribution < -0.4 is 4.90 Å². The number of imidazole rings is 1. The molecule has 0 saturated carbocycles. The summed E-state index contributed by atoms with van der Waals surface area (Å²) >= 11 is 6.10. The molecule has 7 nitrogen and oxygen atoms in total. The zero-order valence-corrected chi connectivity index (χ0v) is 19.0. The predicted molar refractivity (Wildman–Crippen MR) is 121 cm³/mol. The summed E-state index contributed by atoms with van der Waals surface area (Å²) in [6.07, 6.45) is 2.05. The van der Waals surface area contributed by atoms with Crippen LogP contribution in [0.4, 0.5) is 10.2 Å². The molecule has 2 atom stereocenters. The average Bonchev–Trinajstić information content (AvgIpc) is 3.46. The van der Waals surface area contributed by atoms with Crippen LogP contribution in [0.2, 0.25) is 0 Å². The van der Waals surface area contributed by atoms with Crippen molar-refractivity contribution in [3.63, 3.8) is 0 Å². The van der Waals surface area contributed by atoms with E-state index in [-0.39, 0.29) is 23.1 Å². The maximum atomic E-state index is 13.3. The molecule has 1 saturated heterocycles. The molecule has 1 amide bonds. The Labute approximate surface area is 189 Å². The highest BCUT2D eigenvalue weighted by Crippen LogP contribution is 2.40. The van der Waals surface area contributed by atoms with Crippen molar-refractivity contribution in [2.24, 2.45) is 0 Å². The fourth-order valence-corrected chi connectivity index (χ4v) is 5.51. The van der Waals surface area contributed by atoms with Crippen LogP contribution in [-0.2, 0) is 6.54 Å². The molecule has 0 N–H and O–H groups in total. The smallest absolute Gasteiger partial charge is 0.254 e. The number of rotatable bonds is 3. The Morgan fingerprint density at radius 3 is 2.61 bits per heavy atom. The quantitative estimate of drug-likeness (QED) is 0.603. The second-order valence-electron chi connectivity index (χ2n) is 7.94. The summed E-state index contributed by atoms with van der Waals surface area (Å²) in [5.74, 6) is 1.93. The van der Waals surface area contributed by atoms with E-state index in [0.717, 1.165) is 47.6 Å². The van der Waals surface area contributed by atoms with Crippen LogP contribution >= 0.6 is 24.2 Å². The SMILES string of the molecule is Cc1nsc(-c2nc(N3CCC[C@H]3S)c3n2CCN(C(=O)c2ccc(F)cc2)[C@@H]3C)n1. The van der Waals surface area contributed by atoms with Crippen molar-refractivity contribution >= 4 is 35.9 Å². The van der Waals surface area contributed by atoms with Gasteiger partial charge >= 0.3 is 0 Å². The summed E-state index contributed by atoms with van der Waals surface area (Å²) < 4.78 is 19.8. The number of fused-ring (bicyclic) bond motifs is 1. The van der Waals surface area contributed by atoms with Crippen LogP contribution in [0.25, 0.3) is 10.8 Å². The number of aromatic nitrogens is 4. The molecule has 10 heteroatoms. The molecular weight excluding hydrogens is 435 g/mol. The molecule has 3 aromatic rings. The highest BCUT2D eigenvalue weighted by Gasteiger charge is 2.37. The Hall–Kier alpha value is -2.46. The lowest BCUT2D eigenvalue weighted by Gasteiger charge is -2.36. The minimum atomic E-state index is -0.352. The van der Waals surface area contributed by atoms with Gasteiger partial charge in [-0.2, -0.15) is 17.0 Å². The van der Waals surface area contributed by atoms with E-state index < -0.39 is 0 Å². The van der Waals surface area contributed by atoms with Crippen molar-refractivity contribution in [1.29, 1.82) is 0 Å². The van der Waals surface area contributed by atoms with Gasteiger partial charge in [0.15, 0.2) is 16.6 Å². The molecule has 4 heterocycles. The Balaban J connectivity index is 1.57. The summed E-state index contributed by atoms with van der Waals surface area (Å²) in [7, 11) is 0. The third-order valence-electron chi connectivity index (χ3n) is 5.98. The normalized spacial score (nSPS) is 20.9. The number of nitrogens with zero attached hydrogens (tertiary/aromatic N) is 6. The van der Waals surface area contributed by atoms with E-state index in [9.17, 15) is 9.18 Å². The number of anilines is 1. The van der Waals surface area contributed by atoms with Gasteiger partial charge in [0.05, 0.1) is 17.1 Å². The Kier molecular flexibility index (Phi) is 5.21. The molecular formula is C21H23FN6OS2. The lowest BCUT2D eigenvalue weighted by Crippen LogP contribution is -2.42. The van der Waals surface area contributed by atoms with Crippen LogP contribution in [-0.4, -0.2) is 48.2 Å². The molecule has 1 aromatic carbocycles. The lowest BCUT2D eigenvalue weighted by molar-refractivity contribution is 0.0645. The molecule has 2 aliphatic rings. The predicted octanol–water partition coefficient (Wildman–Crippen LogP) is 3.92. The zero-order chi connectivity index (χ0) is 21.7. The number of hydrogen-bond acceptors (Lipinski definition) is 7. The Bertz CT molecular complexity index is 1130. The van der Waals surface area contributed by atoms with Gasteiger partial charge in [0.25, 0.3) is 5.91 Å². The number of benzene rings is 1. The molecule has 31 heavy (non-hydrogen) atoms. The van der Waals surface area contributed by atoms with Crippen LogP contribution in [0.5, 0.6) is 0 Å². The fourth-order valence-electron chi connectivity index (χ4n) is 4.43. The third-order valence-corrected chi connectivity index (χ3v) is 7.32. The standard InChI is InChI=1S/C21H23FN6OS2/c1-12-17-18(27-9-3-4-16(27)30)24-19(20-23-13(2)25-31-20)28(17)11-10-26(12)21(29)14-5-7-15(22)8-6-14/h5-8,12,16,30H,3-4,9-11H2,1-2H3/t12-,16-/m1/s1. The molecule has 0 unspecified atom stereocenters. The van der Waals surface area contributed by atoms with Crippen molar-refractivity contribution in [2.75, 3.05) is 18.0 Å². The maximum absolute atomic E-state index is 13.3. The molecule has 0 spiro atoms. The lowest BCUT2D eigenvalue weighted by atomic mass is 10.1. The first-order valence-electron chi connectivity index (χ1n) is 10.4. The highest BCUT2D eigenvalue weighted by molar-refractivity contribution is 7.81. The number of carbonyl (C=O) groups excluding carboxylic acids is 1. The highest BCUT2D eigenvalue weighted by atomic mass is 32.1. The topological polar surface area (TPSA) is 67.2 Å². The van der Waals surface area contributed by atoms with Gasteiger partial charge in [0.2, 0.25) is 0 Å². The minimum absolute atomic E-state index is 0.0963. The van der Waals surface area contributed by atoms with Crippen LogP contribution in [0, 0.1) is 12.7 Å². The average molecular weight is 459 g/mol. The van der Waals surface area contributed by atoms with E-state index in [4.69, 9.17) is 17.6 Å². The van der Waals surface area contributed by atoms with Crippen molar-refractivity contribution < 1.29 is 9.18 Å². The van der Waals surface area contributed by atoms with Gasteiger partial charge in [-0.25, -0.2) is 14.4 Å². The van der Waals surface area contributed by atoms with Crippen molar-refractivity contribution in [2.45, 2.75) is 44.6 Å². The first-order chi connectivity index (χ1) is 14.9. The number of carbonyl (C=O) groups is 1. The Morgan fingerprint density at radius 1 is 1.19 bits per heavy atom. The number of halogens is 1. The van der Waals surface area contributed by atoms with Crippen molar-refractivity contribution in [1.82, 2.24) is 23.8 Å². The van der Waals surface area contributed by atoms with Gasteiger partial charge in [0.1, 0.15) is 11.6 Å². The largest absolute Gasteiger partial charge is 0.343 e. The summed E-state index contributed by atoms with van der Waals surface area (Å²) in [6.45, 7) is 5.92. The van der Waals surface area contributed by atoms with E-state index in [2.05, 4.69) is 18.8 Å². The van der Waals surface area contributed by atoms with Crippen LogP contribution in [0.15, 0.2) is 24.3 Å². The zero-order valence-electron chi connectivity index (χ0n) is 17.3. The van der Waals surface area contributed by atoms with Crippen LogP contribution in [0.3, 0.4) is 0 Å². The van der Waals surface area contributed by atoms with Gasteiger partial charge in [-0.15, -0.1) is 0 Å². The summed E-state index contributed by atoms with van der Waals surface area (Å²) in [5.41, 5.74) is 1.47. The number of aryl methyl sites for hydroxylation is 1. The van der Waals surface area contributed by atoms with Gasteiger partial charge in [-0.05, 0) is 62.5 Å². The number of hydrogen-bond donors (Lipinski definition) is 1. The van der Waals surface area contributed by atoms with Crippen molar-refractivity contribution in [3.8, 4) is 10.8 Å². The molecule has 0 radical (unpaired) electrons. The molecule has 5 rings (SSSR count). The van der Waals surface area contributed by atoms with E-state index in [0.29, 0.717) is 18.7 Å².